The zero-order valence-corrected chi connectivity index (χ0v) is 13.8. The van der Waals surface area contributed by atoms with Gasteiger partial charge in [0.2, 0.25) is 0 Å². The lowest BCUT2D eigenvalue weighted by atomic mass is 9.73. The zero-order valence-electron chi connectivity index (χ0n) is 13.8. The van der Waals surface area contributed by atoms with Gasteiger partial charge in [-0.3, -0.25) is 9.59 Å². The zero-order chi connectivity index (χ0) is 15.8. The fourth-order valence-electron chi connectivity index (χ4n) is 2.36. The highest BCUT2D eigenvalue weighted by Crippen LogP contribution is 2.37. The van der Waals surface area contributed by atoms with E-state index >= 15 is 0 Å². The van der Waals surface area contributed by atoms with Gasteiger partial charge in [-0.05, 0) is 32.1 Å². The van der Waals surface area contributed by atoms with E-state index in [1.807, 2.05) is 13.8 Å². The van der Waals surface area contributed by atoms with Crippen LogP contribution in [0.25, 0.3) is 0 Å². The average molecular weight is 286 g/mol. The summed E-state index contributed by atoms with van der Waals surface area (Å²) in [4.78, 5) is 24.8. The van der Waals surface area contributed by atoms with Crippen molar-refractivity contribution in [2.24, 2.45) is 17.3 Å². The minimum Gasteiger partial charge on any atom is -0.465 e. The first-order valence-corrected chi connectivity index (χ1v) is 7.67. The van der Waals surface area contributed by atoms with Crippen molar-refractivity contribution >= 4 is 11.9 Å². The second-order valence-electron chi connectivity index (χ2n) is 5.85. The van der Waals surface area contributed by atoms with E-state index in [9.17, 15) is 9.59 Å². The molecular formula is C16H30O4. The molecule has 0 atom stereocenters. The van der Waals surface area contributed by atoms with E-state index in [2.05, 4.69) is 13.8 Å². The molecule has 0 aliphatic carbocycles. The molecule has 20 heavy (non-hydrogen) atoms. The normalized spacial score (nSPS) is 11.8. The molecule has 0 radical (unpaired) electrons. The van der Waals surface area contributed by atoms with Crippen LogP contribution in [0.2, 0.25) is 0 Å². The average Bonchev–Trinajstić information content (AvgIpc) is 2.34. The standard InChI is InChI=1S/C16H30O4/c1-7-19-14(17)16(13(5)6,15(18)20-8-2)11-9-10-12(3)4/h12-13H,7-11H2,1-6H3. The lowest BCUT2D eigenvalue weighted by Crippen LogP contribution is -2.46. The summed E-state index contributed by atoms with van der Waals surface area (Å²) >= 11 is 0. The van der Waals surface area contributed by atoms with Gasteiger partial charge in [0.05, 0.1) is 13.2 Å². The molecule has 0 fully saturated rings. The molecule has 0 heterocycles. The lowest BCUT2D eigenvalue weighted by molar-refractivity contribution is -0.176. The molecule has 0 saturated carbocycles. The smallest absolute Gasteiger partial charge is 0.323 e. The lowest BCUT2D eigenvalue weighted by Gasteiger charge is -2.32. The van der Waals surface area contributed by atoms with Crippen molar-refractivity contribution in [1.29, 1.82) is 0 Å². The highest BCUT2D eigenvalue weighted by atomic mass is 16.6. The van der Waals surface area contributed by atoms with Gasteiger partial charge in [0.15, 0.2) is 5.41 Å². The quantitative estimate of drug-likeness (QED) is 0.480. The second kappa shape index (κ2) is 8.98. The second-order valence-corrected chi connectivity index (χ2v) is 5.85. The highest BCUT2D eigenvalue weighted by Gasteiger charge is 2.50. The number of ether oxygens (including phenoxy) is 2. The molecule has 4 nitrogen and oxygen atoms in total. The summed E-state index contributed by atoms with van der Waals surface area (Å²) in [5, 5.41) is 0. The predicted octanol–water partition coefficient (Wildman–Crippen LogP) is 3.58. The van der Waals surface area contributed by atoms with Gasteiger partial charge in [-0.1, -0.05) is 40.5 Å². The molecule has 0 bridgehead atoms. The van der Waals surface area contributed by atoms with Crippen molar-refractivity contribution in [2.45, 2.75) is 60.8 Å². The number of esters is 2. The first-order valence-electron chi connectivity index (χ1n) is 7.67. The van der Waals surface area contributed by atoms with E-state index in [4.69, 9.17) is 9.47 Å². The number of rotatable bonds is 9. The van der Waals surface area contributed by atoms with Crippen LogP contribution in [0.5, 0.6) is 0 Å². The molecule has 0 aliphatic rings. The van der Waals surface area contributed by atoms with Crippen LogP contribution < -0.4 is 0 Å². The molecule has 0 saturated heterocycles. The van der Waals surface area contributed by atoms with Gasteiger partial charge in [0.1, 0.15) is 0 Å². The van der Waals surface area contributed by atoms with Crippen molar-refractivity contribution in [3.63, 3.8) is 0 Å². The van der Waals surface area contributed by atoms with E-state index in [0.717, 1.165) is 12.8 Å². The van der Waals surface area contributed by atoms with Gasteiger partial charge in [0.25, 0.3) is 0 Å². The minimum absolute atomic E-state index is 0.146. The number of carbonyl (C=O) groups is 2. The van der Waals surface area contributed by atoms with E-state index in [-0.39, 0.29) is 19.1 Å². The highest BCUT2D eigenvalue weighted by molar-refractivity contribution is 6.00. The Bertz CT molecular complexity index is 290. The van der Waals surface area contributed by atoms with Crippen molar-refractivity contribution in [2.75, 3.05) is 13.2 Å². The van der Waals surface area contributed by atoms with Crippen LogP contribution in [0, 0.1) is 17.3 Å². The molecule has 0 rings (SSSR count). The third-order valence-electron chi connectivity index (χ3n) is 3.62. The summed E-state index contributed by atoms with van der Waals surface area (Å²) in [5.41, 5.74) is -1.17. The first-order chi connectivity index (χ1) is 9.32. The van der Waals surface area contributed by atoms with Crippen LogP contribution >= 0.6 is 0 Å². The maximum absolute atomic E-state index is 12.4. The summed E-state index contributed by atoms with van der Waals surface area (Å²) < 4.78 is 10.3. The van der Waals surface area contributed by atoms with Crippen molar-refractivity contribution in [3.8, 4) is 0 Å². The monoisotopic (exact) mass is 286 g/mol. The number of carbonyl (C=O) groups excluding carboxylic acids is 2. The SMILES string of the molecule is CCOC(=O)C(CCCC(C)C)(C(=O)OCC)C(C)C. The molecule has 0 unspecified atom stereocenters. The number of hydrogen-bond donors (Lipinski definition) is 0. The van der Waals surface area contributed by atoms with E-state index in [1.165, 1.54) is 0 Å². The molecule has 0 aromatic carbocycles. The Hall–Kier alpha value is -1.06. The topological polar surface area (TPSA) is 52.6 Å². The van der Waals surface area contributed by atoms with Crippen LogP contribution in [-0.4, -0.2) is 25.2 Å². The molecule has 0 aliphatic heterocycles. The van der Waals surface area contributed by atoms with Crippen LogP contribution in [0.15, 0.2) is 0 Å². The van der Waals surface area contributed by atoms with Crippen molar-refractivity contribution in [3.05, 3.63) is 0 Å². The Kier molecular flexibility index (Phi) is 8.51. The number of hydrogen-bond acceptors (Lipinski definition) is 4. The summed E-state index contributed by atoms with van der Waals surface area (Å²) in [7, 11) is 0. The van der Waals surface area contributed by atoms with Gasteiger partial charge < -0.3 is 9.47 Å². The van der Waals surface area contributed by atoms with Crippen molar-refractivity contribution < 1.29 is 19.1 Å². The van der Waals surface area contributed by atoms with Gasteiger partial charge in [-0.15, -0.1) is 0 Å². The third-order valence-corrected chi connectivity index (χ3v) is 3.62. The van der Waals surface area contributed by atoms with Gasteiger partial charge in [-0.25, -0.2) is 0 Å². The van der Waals surface area contributed by atoms with E-state index < -0.39 is 17.4 Å². The summed E-state index contributed by atoms with van der Waals surface area (Å²) in [6, 6.07) is 0. The van der Waals surface area contributed by atoms with E-state index in [0.29, 0.717) is 12.3 Å². The third kappa shape index (κ3) is 4.80. The van der Waals surface area contributed by atoms with Gasteiger partial charge >= 0.3 is 11.9 Å². The maximum atomic E-state index is 12.4. The summed E-state index contributed by atoms with van der Waals surface area (Å²) in [6.07, 6.45) is 2.28. The predicted molar refractivity (Wildman–Crippen MR) is 79.2 cm³/mol. The molecule has 0 aromatic heterocycles. The molecule has 4 heteroatoms. The van der Waals surface area contributed by atoms with Crippen LogP contribution in [-0.2, 0) is 19.1 Å². The van der Waals surface area contributed by atoms with E-state index in [1.54, 1.807) is 13.8 Å². The van der Waals surface area contributed by atoms with Gasteiger partial charge in [0, 0.05) is 0 Å². The molecule has 0 spiro atoms. The summed E-state index contributed by atoms with van der Waals surface area (Å²) in [6.45, 7) is 12.1. The Balaban J connectivity index is 5.22. The summed E-state index contributed by atoms with van der Waals surface area (Å²) in [5.74, 6) is -0.494. The van der Waals surface area contributed by atoms with Crippen LogP contribution in [0.1, 0.15) is 60.8 Å². The van der Waals surface area contributed by atoms with Crippen molar-refractivity contribution in [1.82, 2.24) is 0 Å². The van der Waals surface area contributed by atoms with Gasteiger partial charge in [-0.2, -0.15) is 0 Å². The molecule has 118 valence electrons. The fraction of sp³-hybridized carbons (Fsp3) is 0.875. The minimum atomic E-state index is -1.17. The molecule has 0 aromatic rings. The molecule has 0 amide bonds. The largest absolute Gasteiger partial charge is 0.465 e. The Labute approximate surface area is 123 Å². The Morgan fingerprint density at radius 3 is 1.70 bits per heavy atom. The molecule has 0 N–H and O–H groups in total. The maximum Gasteiger partial charge on any atom is 0.323 e. The molecular weight excluding hydrogens is 256 g/mol. The van der Waals surface area contributed by atoms with Crippen LogP contribution in [0.3, 0.4) is 0 Å². The fourth-order valence-corrected chi connectivity index (χ4v) is 2.36. The Morgan fingerprint density at radius 2 is 1.40 bits per heavy atom. The Morgan fingerprint density at radius 1 is 0.950 bits per heavy atom. The first kappa shape index (κ1) is 18.9. The van der Waals surface area contributed by atoms with Crippen LogP contribution in [0.4, 0.5) is 0 Å².